The van der Waals surface area contributed by atoms with Gasteiger partial charge in [0, 0.05) is 12.3 Å². The van der Waals surface area contributed by atoms with Gasteiger partial charge in [-0.2, -0.15) is 0 Å². The van der Waals surface area contributed by atoms with Gasteiger partial charge in [0.2, 0.25) is 5.88 Å². The highest BCUT2D eigenvalue weighted by Gasteiger charge is 2.16. The second-order valence-electron chi connectivity index (χ2n) is 3.13. The van der Waals surface area contributed by atoms with E-state index in [1.165, 1.54) is 12.3 Å². The van der Waals surface area contributed by atoms with Crippen molar-refractivity contribution in [2.24, 2.45) is 0 Å². The number of carboxylic acid groups (broad SMARTS) is 1. The number of nitrogens with zero attached hydrogens (tertiary/aromatic N) is 1. The van der Waals surface area contributed by atoms with Crippen LogP contribution in [0.4, 0.5) is 5.69 Å². The Morgan fingerprint density at radius 2 is 2.44 bits per heavy atom. The number of hydrogen-bond donors (Lipinski definition) is 2. The molecular formula is C10H8N2O4. The summed E-state index contributed by atoms with van der Waals surface area (Å²) in [5, 5.41) is 11.0. The van der Waals surface area contributed by atoms with E-state index in [0.717, 1.165) is 6.08 Å². The summed E-state index contributed by atoms with van der Waals surface area (Å²) >= 11 is 0. The summed E-state index contributed by atoms with van der Waals surface area (Å²) in [6.07, 6.45) is 3.85. The predicted molar refractivity (Wildman–Crippen MR) is 55.0 cm³/mol. The minimum Gasteiger partial charge on any atom is -0.478 e. The first-order valence-corrected chi connectivity index (χ1v) is 4.49. The summed E-state index contributed by atoms with van der Waals surface area (Å²) in [4.78, 5) is 25.3. The second kappa shape index (κ2) is 4.01. The van der Waals surface area contributed by atoms with E-state index in [2.05, 4.69) is 10.3 Å². The summed E-state index contributed by atoms with van der Waals surface area (Å²) < 4.78 is 5.05. The Labute approximate surface area is 90.6 Å². The van der Waals surface area contributed by atoms with Gasteiger partial charge >= 0.3 is 5.97 Å². The Morgan fingerprint density at radius 1 is 1.62 bits per heavy atom. The van der Waals surface area contributed by atoms with Gasteiger partial charge in [0.15, 0.2) is 6.61 Å². The van der Waals surface area contributed by atoms with E-state index < -0.39 is 5.97 Å². The molecule has 0 unspecified atom stereocenters. The lowest BCUT2D eigenvalue weighted by Crippen LogP contribution is -2.25. The maximum absolute atomic E-state index is 11.0. The van der Waals surface area contributed by atoms with Gasteiger partial charge in [-0.05, 0) is 17.7 Å². The van der Waals surface area contributed by atoms with Gasteiger partial charge in [0.1, 0.15) is 5.69 Å². The van der Waals surface area contributed by atoms with Crippen molar-refractivity contribution >= 4 is 23.6 Å². The van der Waals surface area contributed by atoms with Crippen LogP contribution in [-0.2, 0) is 9.59 Å². The van der Waals surface area contributed by atoms with Crippen molar-refractivity contribution in [1.29, 1.82) is 0 Å². The molecule has 0 bridgehead atoms. The zero-order valence-electron chi connectivity index (χ0n) is 8.14. The molecule has 2 rings (SSSR count). The van der Waals surface area contributed by atoms with Gasteiger partial charge < -0.3 is 15.2 Å². The van der Waals surface area contributed by atoms with E-state index in [1.54, 1.807) is 6.07 Å². The second-order valence-corrected chi connectivity index (χ2v) is 3.13. The Balaban J connectivity index is 2.27. The average molecular weight is 220 g/mol. The molecule has 82 valence electrons. The molecule has 2 heterocycles. The van der Waals surface area contributed by atoms with Crippen molar-refractivity contribution in [2.75, 3.05) is 11.9 Å². The normalized spacial score (nSPS) is 14.1. The lowest BCUT2D eigenvalue weighted by molar-refractivity contribution is -0.131. The number of aromatic nitrogens is 1. The molecule has 0 saturated carbocycles. The Hall–Kier alpha value is -2.37. The largest absolute Gasteiger partial charge is 0.478 e. The maximum atomic E-state index is 11.0. The molecular weight excluding hydrogens is 212 g/mol. The van der Waals surface area contributed by atoms with Crippen molar-refractivity contribution in [3.05, 3.63) is 23.9 Å². The van der Waals surface area contributed by atoms with Crippen molar-refractivity contribution in [1.82, 2.24) is 4.98 Å². The van der Waals surface area contributed by atoms with E-state index in [4.69, 9.17) is 9.84 Å². The van der Waals surface area contributed by atoms with Crippen LogP contribution in [0.1, 0.15) is 5.56 Å². The highest BCUT2D eigenvalue weighted by Crippen LogP contribution is 2.25. The third kappa shape index (κ3) is 2.17. The first kappa shape index (κ1) is 10.2. The van der Waals surface area contributed by atoms with Crippen LogP contribution in [-0.4, -0.2) is 28.6 Å². The van der Waals surface area contributed by atoms with Crippen LogP contribution in [0, 0.1) is 0 Å². The van der Waals surface area contributed by atoms with Gasteiger partial charge in [-0.3, -0.25) is 4.79 Å². The van der Waals surface area contributed by atoms with Crippen LogP contribution in [0.5, 0.6) is 5.88 Å². The third-order valence-corrected chi connectivity index (χ3v) is 1.90. The Kier molecular flexibility index (Phi) is 2.55. The highest BCUT2D eigenvalue weighted by atomic mass is 16.5. The molecule has 16 heavy (non-hydrogen) atoms. The van der Waals surface area contributed by atoms with Crippen molar-refractivity contribution in [3.8, 4) is 5.88 Å². The number of anilines is 1. The molecule has 0 spiro atoms. The number of carbonyl (C=O) groups is 2. The Bertz CT molecular complexity index is 482. The number of fused-ring (bicyclic) bond motifs is 1. The first-order valence-electron chi connectivity index (χ1n) is 4.49. The number of rotatable bonds is 2. The fraction of sp³-hybridized carbons (Fsp3) is 0.100. The molecule has 0 fully saturated rings. The van der Waals surface area contributed by atoms with E-state index in [9.17, 15) is 9.59 Å². The minimum atomic E-state index is -1.04. The molecule has 6 nitrogen and oxygen atoms in total. The average Bonchev–Trinajstić information content (AvgIpc) is 2.25. The number of carboxylic acids is 1. The van der Waals surface area contributed by atoms with Crippen LogP contribution >= 0.6 is 0 Å². The van der Waals surface area contributed by atoms with Crippen LogP contribution in [0.25, 0.3) is 6.08 Å². The van der Waals surface area contributed by atoms with Crippen LogP contribution < -0.4 is 10.1 Å². The lowest BCUT2D eigenvalue weighted by atomic mass is 10.2. The Morgan fingerprint density at radius 3 is 3.19 bits per heavy atom. The molecule has 1 amide bonds. The highest BCUT2D eigenvalue weighted by molar-refractivity contribution is 5.95. The topological polar surface area (TPSA) is 88.5 Å². The summed E-state index contributed by atoms with van der Waals surface area (Å²) in [6.45, 7) is -0.0513. The number of carbonyl (C=O) groups excluding carboxylic acids is 1. The molecule has 0 radical (unpaired) electrons. The molecule has 1 aromatic heterocycles. The molecule has 0 saturated heterocycles. The van der Waals surface area contributed by atoms with Gasteiger partial charge in [-0.1, -0.05) is 0 Å². The quantitative estimate of drug-likeness (QED) is 0.709. The third-order valence-electron chi connectivity index (χ3n) is 1.90. The molecule has 2 N–H and O–H groups in total. The molecule has 0 aliphatic carbocycles. The van der Waals surface area contributed by atoms with Gasteiger partial charge in [0.05, 0.1) is 0 Å². The number of nitrogens with one attached hydrogen (secondary N) is 1. The molecule has 1 aromatic rings. The lowest BCUT2D eigenvalue weighted by Gasteiger charge is -2.16. The fourth-order valence-electron chi connectivity index (χ4n) is 1.25. The molecule has 0 atom stereocenters. The smallest absolute Gasteiger partial charge is 0.328 e. The molecule has 1 aliphatic heterocycles. The molecule has 0 aromatic carbocycles. The standard InChI is InChI=1S/C10H8N2O4/c13-8-5-16-10-7(12-8)3-6(4-11-10)1-2-9(14)15/h1-4H,5H2,(H,12,13)(H,14,15)/b2-1+. The number of hydrogen-bond acceptors (Lipinski definition) is 4. The number of ether oxygens (including phenoxy) is 1. The van der Waals surface area contributed by atoms with Crippen molar-refractivity contribution in [2.45, 2.75) is 0 Å². The van der Waals surface area contributed by atoms with Gasteiger partial charge in [-0.15, -0.1) is 0 Å². The molecule has 6 heteroatoms. The monoisotopic (exact) mass is 220 g/mol. The molecule has 1 aliphatic rings. The van der Waals surface area contributed by atoms with E-state index in [0.29, 0.717) is 17.1 Å². The van der Waals surface area contributed by atoms with Crippen LogP contribution in [0.3, 0.4) is 0 Å². The first-order chi connectivity index (χ1) is 7.65. The minimum absolute atomic E-state index is 0.0513. The zero-order chi connectivity index (χ0) is 11.5. The summed E-state index contributed by atoms with van der Waals surface area (Å²) in [5.41, 5.74) is 1.02. The fourth-order valence-corrected chi connectivity index (χ4v) is 1.25. The summed E-state index contributed by atoms with van der Waals surface area (Å²) in [7, 11) is 0. The van der Waals surface area contributed by atoms with E-state index >= 15 is 0 Å². The zero-order valence-corrected chi connectivity index (χ0v) is 8.14. The van der Waals surface area contributed by atoms with E-state index in [-0.39, 0.29) is 12.5 Å². The number of aliphatic carboxylic acids is 1. The summed E-state index contributed by atoms with van der Waals surface area (Å²) in [5.74, 6) is -0.959. The van der Waals surface area contributed by atoms with Crippen LogP contribution in [0.2, 0.25) is 0 Å². The summed E-state index contributed by atoms with van der Waals surface area (Å²) in [6, 6.07) is 1.60. The van der Waals surface area contributed by atoms with Gasteiger partial charge in [-0.25, -0.2) is 9.78 Å². The SMILES string of the molecule is O=C(O)/C=C/c1cnc2c(c1)NC(=O)CO2. The number of pyridine rings is 1. The maximum Gasteiger partial charge on any atom is 0.328 e. The predicted octanol–water partition coefficient (Wildman–Crippen LogP) is 0.510. The number of amides is 1. The van der Waals surface area contributed by atoms with Crippen molar-refractivity contribution in [3.63, 3.8) is 0 Å². The van der Waals surface area contributed by atoms with Gasteiger partial charge in [0.25, 0.3) is 5.91 Å². The van der Waals surface area contributed by atoms with Crippen molar-refractivity contribution < 1.29 is 19.4 Å². The van der Waals surface area contributed by atoms with Crippen LogP contribution in [0.15, 0.2) is 18.3 Å². The van der Waals surface area contributed by atoms with E-state index in [1.807, 2.05) is 0 Å².